The van der Waals surface area contributed by atoms with Crippen molar-refractivity contribution in [2.75, 3.05) is 0 Å². The van der Waals surface area contributed by atoms with Crippen molar-refractivity contribution in [1.29, 1.82) is 0 Å². The third-order valence-corrected chi connectivity index (χ3v) is 1.87. The molecule has 0 saturated carbocycles. The molecule has 0 rings (SSSR count). The first kappa shape index (κ1) is 12.2. The average Bonchev–Trinajstić information content (AvgIpc) is 2.16. The molecule has 0 aromatic carbocycles. The molecule has 0 N–H and O–H groups in total. The van der Waals surface area contributed by atoms with Crippen LogP contribution in [0.25, 0.3) is 0 Å². The molecule has 0 fully saturated rings. The Labute approximate surface area is 81.5 Å². The van der Waals surface area contributed by atoms with Gasteiger partial charge in [0.25, 0.3) is 0 Å². The zero-order valence-electron chi connectivity index (χ0n) is 8.59. The van der Waals surface area contributed by atoms with Crippen LogP contribution in [0.2, 0.25) is 0 Å². The Morgan fingerprint density at radius 1 is 1.00 bits per heavy atom. The van der Waals surface area contributed by atoms with E-state index in [1.165, 1.54) is 25.7 Å². The van der Waals surface area contributed by atoms with Gasteiger partial charge in [0.1, 0.15) is 6.29 Å². The number of carbonyl (C=O) groups is 1. The van der Waals surface area contributed by atoms with Crippen LogP contribution in [0.4, 0.5) is 0 Å². The maximum absolute atomic E-state index is 9.95. The van der Waals surface area contributed by atoms with Crippen molar-refractivity contribution in [3.8, 4) is 0 Å². The first-order chi connectivity index (χ1) is 6.41. The molecule has 0 aliphatic rings. The number of carbonyl (C=O) groups excluding carboxylic acids is 1. The smallest absolute Gasteiger partial charge is 0.120 e. The van der Waals surface area contributed by atoms with E-state index in [-0.39, 0.29) is 0 Å². The van der Waals surface area contributed by atoms with Crippen LogP contribution in [0, 0.1) is 0 Å². The number of aldehydes is 1. The monoisotopic (exact) mass is 180 g/mol. The van der Waals surface area contributed by atoms with E-state index in [9.17, 15) is 4.79 Å². The van der Waals surface area contributed by atoms with Crippen molar-refractivity contribution in [1.82, 2.24) is 0 Å². The fourth-order valence-corrected chi connectivity index (χ4v) is 1.07. The molecule has 0 spiro atoms. The van der Waals surface area contributed by atoms with Crippen LogP contribution < -0.4 is 0 Å². The molecule has 0 radical (unpaired) electrons. The summed E-state index contributed by atoms with van der Waals surface area (Å²) in [6.45, 7) is 2.22. The van der Waals surface area contributed by atoms with E-state index in [4.69, 9.17) is 0 Å². The molecule has 0 saturated heterocycles. The van der Waals surface area contributed by atoms with Gasteiger partial charge in [0.05, 0.1) is 0 Å². The highest BCUT2D eigenvalue weighted by molar-refractivity contribution is 5.49. The molecule has 0 aliphatic carbocycles. The quantitative estimate of drug-likeness (QED) is 0.316. The molecule has 1 nitrogen and oxygen atoms in total. The summed E-state index contributed by atoms with van der Waals surface area (Å²) >= 11 is 0. The minimum absolute atomic E-state index is 0.622. The van der Waals surface area contributed by atoms with Crippen LogP contribution in [0.5, 0.6) is 0 Å². The fourth-order valence-electron chi connectivity index (χ4n) is 1.07. The summed E-state index contributed by atoms with van der Waals surface area (Å²) in [5, 5.41) is 0. The second kappa shape index (κ2) is 11.2. The fraction of sp³-hybridized carbons (Fsp3) is 0.667. The Kier molecular flexibility index (Phi) is 10.5. The van der Waals surface area contributed by atoms with Gasteiger partial charge in [-0.3, -0.25) is 0 Å². The number of rotatable bonds is 8. The predicted octanol–water partition coefficient (Wildman–Crippen LogP) is 3.65. The van der Waals surface area contributed by atoms with Gasteiger partial charge < -0.3 is 4.79 Å². The lowest BCUT2D eigenvalue weighted by Gasteiger charge is -1.92. The number of hydrogen-bond donors (Lipinski definition) is 0. The Morgan fingerprint density at radius 3 is 2.46 bits per heavy atom. The van der Waals surface area contributed by atoms with Crippen molar-refractivity contribution in [3.63, 3.8) is 0 Å². The summed E-state index contributed by atoms with van der Waals surface area (Å²) < 4.78 is 0. The van der Waals surface area contributed by atoms with Gasteiger partial charge in [-0.25, -0.2) is 0 Å². The molecule has 0 heterocycles. The number of unbranched alkanes of at least 4 members (excludes halogenated alkanes) is 5. The van der Waals surface area contributed by atoms with E-state index in [0.29, 0.717) is 6.42 Å². The van der Waals surface area contributed by atoms with Crippen LogP contribution in [0.15, 0.2) is 17.9 Å². The minimum atomic E-state index is 0.622. The van der Waals surface area contributed by atoms with Crippen molar-refractivity contribution < 1.29 is 4.79 Å². The lowest BCUT2D eigenvalue weighted by Crippen LogP contribution is -1.72. The van der Waals surface area contributed by atoms with Crippen LogP contribution in [0.3, 0.4) is 0 Å². The van der Waals surface area contributed by atoms with E-state index >= 15 is 0 Å². The highest BCUT2D eigenvalue weighted by Crippen LogP contribution is 2.02. The average molecular weight is 180 g/mol. The largest absolute Gasteiger partial charge is 0.303 e. The molecule has 1 heteroatoms. The van der Waals surface area contributed by atoms with Gasteiger partial charge >= 0.3 is 0 Å². The number of allylic oxidation sites excluding steroid dienone is 1. The first-order valence-electron chi connectivity index (χ1n) is 5.24. The molecule has 0 amide bonds. The third kappa shape index (κ3) is 11.2. The van der Waals surface area contributed by atoms with Gasteiger partial charge in [0.15, 0.2) is 0 Å². The van der Waals surface area contributed by atoms with Crippen LogP contribution in [-0.2, 0) is 4.79 Å². The van der Waals surface area contributed by atoms with Crippen molar-refractivity contribution in [2.45, 2.75) is 51.9 Å². The zero-order chi connectivity index (χ0) is 9.78. The molecule has 0 unspecified atom stereocenters. The predicted molar refractivity (Wildman–Crippen MR) is 56.7 cm³/mol. The molecular formula is C12H20O. The highest BCUT2D eigenvalue weighted by Gasteiger charge is 1.83. The lowest BCUT2D eigenvalue weighted by molar-refractivity contribution is -0.107. The van der Waals surface area contributed by atoms with Crippen LogP contribution in [-0.4, -0.2) is 6.29 Å². The number of hydrogen-bond acceptors (Lipinski definition) is 1. The van der Waals surface area contributed by atoms with Gasteiger partial charge in [-0.1, -0.05) is 26.2 Å². The normalized spacial score (nSPS) is 9.00. The van der Waals surface area contributed by atoms with E-state index in [2.05, 4.69) is 18.7 Å². The van der Waals surface area contributed by atoms with Gasteiger partial charge in [0.2, 0.25) is 0 Å². The summed E-state index contributed by atoms with van der Waals surface area (Å²) in [5.41, 5.74) is 3.09. The van der Waals surface area contributed by atoms with Crippen molar-refractivity contribution in [3.05, 3.63) is 17.9 Å². The standard InChI is InChI=1S/C12H20O/c1-2-3-4-5-6-7-8-9-10-11-12-13/h7,9,12H,2-6,10-11H2,1H3. The molecule has 13 heavy (non-hydrogen) atoms. The Bertz CT molecular complexity index is 164. The summed E-state index contributed by atoms with van der Waals surface area (Å²) in [6, 6.07) is 0. The topological polar surface area (TPSA) is 17.1 Å². The van der Waals surface area contributed by atoms with E-state index < -0.39 is 0 Å². The SMILES string of the molecule is CCCCCCC=C=CCCC=O. The summed E-state index contributed by atoms with van der Waals surface area (Å²) in [4.78, 5) is 9.95. The summed E-state index contributed by atoms with van der Waals surface area (Å²) in [6.07, 6.45) is 12.7. The summed E-state index contributed by atoms with van der Waals surface area (Å²) in [5.74, 6) is 0. The highest BCUT2D eigenvalue weighted by atomic mass is 16.1. The Balaban J connectivity index is 3.19. The second-order valence-electron chi connectivity index (χ2n) is 3.17. The molecule has 0 aromatic heterocycles. The van der Waals surface area contributed by atoms with E-state index in [1.807, 2.05) is 6.08 Å². The van der Waals surface area contributed by atoms with Gasteiger partial charge in [0, 0.05) is 6.42 Å². The maximum atomic E-state index is 9.95. The van der Waals surface area contributed by atoms with Crippen molar-refractivity contribution in [2.24, 2.45) is 0 Å². The zero-order valence-corrected chi connectivity index (χ0v) is 8.59. The molecular weight excluding hydrogens is 160 g/mol. The maximum Gasteiger partial charge on any atom is 0.120 e. The second-order valence-corrected chi connectivity index (χ2v) is 3.17. The van der Waals surface area contributed by atoms with Gasteiger partial charge in [-0.2, -0.15) is 0 Å². The molecule has 0 bridgehead atoms. The van der Waals surface area contributed by atoms with Crippen LogP contribution in [0.1, 0.15) is 51.9 Å². The van der Waals surface area contributed by atoms with Crippen LogP contribution >= 0.6 is 0 Å². The molecule has 74 valence electrons. The molecule has 0 aliphatic heterocycles. The molecule has 0 atom stereocenters. The van der Waals surface area contributed by atoms with Crippen molar-refractivity contribution >= 4 is 6.29 Å². The minimum Gasteiger partial charge on any atom is -0.303 e. The Hall–Kier alpha value is -0.810. The summed E-state index contributed by atoms with van der Waals surface area (Å²) in [7, 11) is 0. The third-order valence-electron chi connectivity index (χ3n) is 1.87. The van der Waals surface area contributed by atoms with Gasteiger partial charge in [-0.05, 0) is 31.4 Å². The Morgan fingerprint density at radius 2 is 1.77 bits per heavy atom. The van der Waals surface area contributed by atoms with Gasteiger partial charge in [-0.15, -0.1) is 5.73 Å². The van der Waals surface area contributed by atoms with E-state index in [0.717, 1.165) is 19.1 Å². The lowest BCUT2D eigenvalue weighted by atomic mass is 10.1. The van der Waals surface area contributed by atoms with E-state index in [1.54, 1.807) is 0 Å². The molecule has 0 aromatic rings. The first-order valence-corrected chi connectivity index (χ1v) is 5.24.